The van der Waals surface area contributed by atoms with Crippen LogP contribution in [0.1, 0.15) is 6.92 Å². The molecule has 9 heavy (non-hydrogen) atoms. The van der Waals surface area contributed by atoms with Crippen molar-refractivity contribution in [3.63, 3.8) is 0 Å². The van der Waals surface area contributed by atoms with E-state index in [2.05, 4.69) is 0 Å². The van der Waals surface area contributed by atoms with Crippen molar-refractivity contribution in [2.45, 2.75) is 13.1 Å². The fourth-order valence-corrected chi connectivity index (χ4v) is 0.302. The number of halogens is 5. The van der Waals surface area contributed by atoms with Gasteiger partial charge in [-0.1, -0.05) is 23.2 Å². The molecule has 0 rings (SSSR count). The standard InChI is InChI=1S/C4H3Cl2F3/c1-2(5)3(6)4(7,8)9/h1H3/b3-2+. The van der Waals surface area contributed by atoms with Crippen LogP contribution in [0.4, 0.5) is 13.2 Å². The maximum atomic E-state index is 11.4. The van der Waals surface area contributed by atoms with E-state index in [0.717, 1.165) is 6.92 Å². The van der Waals surface area contributed by atoms with E-state index < -0.39 is 16.2 Å². The van der Waals surface area contributed by atoms with Crippen LogP contribution >= 0.6 is 23.2 Å². The van der Waals surface area contributed by atoms with Crippen LogP contribution in [0.5, 0.6) is 0 Å². The Hall–Kier alpha value is 0.110. The maximum absolute atomic E-state index is 11.4. The van der Waals surface area contributed by atoms with Gasteiger partial charge >= 0.3 is 6.18 Å². The molecule has 0 atom stereocenters. The lowest BCUT2D eigenvalue weighted by Crippen LogP contribution is -2.07. The van der Waals surface area contributed by atoms with Gasteiger partial charge in [-0.3, -0.25) is 0 Å². The second kappa shape index (κ2) is 2.80. The SMILES string of the molecule is C/C(Cl)=C(\Cl)C(F)(F)F. The second-order valence-electron chi connectivity index (χ2n) is 1.35. The van der Waals surface area contributed by atoms with Crippen LogP contribution in [-0.4, -0.2) is 6.18 Å². The number of hydrogen-bond acceptors (Lipinski definition) is 0. The first-order valence-electron chi connectivity index (χ1n) is 1.94. The zero-order valence-electron chi connectivity index (χ0n) is 4.39. The first-order chi connectivity index (χ1) is 3.85. The first kappa shape index (κ1) is 9.11. The Morgan fingerprint density at radius 2 is 1.56 bits per heavy atom. The van der Waals surface area contributed by atoms with Gasteiger partial charge in [-0.05, 0) is 6.92 Å². The summed E-state index contributed by atoms with van der Waals surface area (Å²) in [5, 5.41) is -1.70. The summed E-state index contributed by atoms with van der Waals surface area (Å²) in [6.07, 6.45) is -4.51. The van der Waals surface area contributed by atoms with E-state index in [0.29, 0.717) is 0 Å². The van der Waals surface area contributed by atoms with E-state index in [4.69, 9.17) is 23.2 Å². The van der Waals surface area contributed by atoms with Crippen molar-refractivity contribution >= 4 is 23.2 Å². The van der Waals surface area contributed by atoms with Crippen molar-refractivity contribution in [3.8, 4) is 0 Å². The zero-order valence-corrected chi connectivity index (χ0v) is 5.90. The summed E-state index contributed by atoms with van der Waals surface area (Å²) in [4.78, 5) is 0. The third-order valence-electron chi connectivity index (χ3n) is 0.551. The van der Waals surface area contributed by atoms with Gasteiger partial charge in [-0.15, -0.1) is 0 Å². The molecule has 0 radical (unpaired) electrons. The Labute approximate surface area is 60.2 Å². The highest BCUT2D eigenvalue weighted by Gasteiger charge is 2.33. The van der Waals surface area contributed by atoms with Gasteiger partial charge in [-0.2, -0.15) is 13.2 Å². The highest BCUT2D eigenvalue weighted by molar-refractivity contribution is 6.39. The van der Waals surface area contributed by atoms with Crippen molar-refractivity contribution in [3.05, 3.63) is 10.1 Å². The van der Waals surface area contributed by atoms with E-state index in [-0.39, 0.29) is 0 Å². The molecular formula is C4H3Cl2F3. The molecule has 0 aromatic carbocycles. The molecule has 0 aromatic rings. The highest BCUT2D eigenvalue weighted by Crippen LogP contribution is 2.32. The summed E-state index contributed by atoms with van der Waals surface area (Å²) in [6, 6.07) is 0. The number of hydrogen-bond donors (Lipinski definition) is 0. The van der Waals surface area contributed by atoms with E-state index in [1.54, 1.807) is 0 Å². The van der Waals surface area contributed by atoms with Gasteiger partial charge < -0.3 is 0 Å². The Morgan fingerprint density at radius 3 is 1.56 bits per heavy atom. The van der Waals surface area contributed by atoms with Gasteiger partial charge in [0.15, 0.2) is 0 Å². The maximum Gasteiger partial charge on any atom is 0.428 e. The molecule has 0 unspecified atom stereocenters. The third-order valence-corrected chi connectivity index (χ3v) is 1.33. The first-order valence-corrected chi connectivity index (χ1v) is 2.70. The topological polar surface area (TPSA) is 0 Å². The molecule has 5 heteroatoms. The van der Waals surface area contributed by atoms with Crippen molar-refractivity contribution in [2.75, 3.05) is 0 Å². The highest BCUT2D eigenvalue weighted by atomic mass is 35.5. The molecule has 0 aliphatic carbocycles. The molecule has 0 spiro atoms. The van der Waals surface area contributed by atoms with E-state index in [9.17, 15) is 13.2 Å². The third kappa shape index (κ3) is 2.96. The summed E-state index contributed by atoms with van der Waals surface area (Å²) in [5.41, 5.74) is 0. The fraction of sp³-hybridized carbons (Fsp3) is 0.500. The smallest absolute Gasteiger partial charge is 0.165 e. The number of rotatable bonds is 0. The molecule has 0 heterocycles. The molecule has 0 aromatic heterocycles. The predicted octanol–water partition coefficient (Wildman–Crippen LogP) is 3.26. The van der Waals surface area contributed by atoms with Crippen LogP contribution in [0.2, 0.25) is 0 Å². The summed E-state index contributed by atoms with van der Waals surface area (Å²) >= 11 is 9.66. The van der Waals surface area contributed by atoms with E-state index in [1.165, 1.54) is 0 Å². The van der Waals surface area contributed by atoms with Crippen molar-refractivity contribution in [1.82, 2.24) is 0 Å². The van der Waals surface area contributed by atoms with Crippen molar-refractivity contribution in [1.29, 1.82) is 0 Å². The summed E-state index contributed by atoms with van der Waals surface area (Å²) in [6.45, 7) is 1.08. The molecule has 0 saturated heterocycles. The second-order valence-corrected chi connectivity index (χ2v) is 2.29. The molecule has 0 bridgehead atoms. The molecule has 0 amide bonds. The van der Waals surface area contributed by atoms with Gasteiger partial charge in [0.1, 0.15) is 5.03 Å². The predicted molar refractivity (Wildman–Crippen MR) is 30.5 cm³/mol. The normalized spacial score (nSPS) is 15.3. The monoisotopic (exact) mass is 178 g/mol. The number of alkyl halides is 3. The lowest BCUT2D eigenvalue weighted by molar-refractivity contribution is -0.0848. The largest absolute Gasteiger partial charge is 0.428 e. The van der Waals surface area contributed by atoms with Crippen LogP contribution in [0.25, 0.3) is 0 Å². The minimum atomic E-state index is -4.51. The average molecular weight is 179 g/mol. The Kier molecular flexibility index (Phi) is 2.83. The van der Waals surface area contributed by atoms with E-state index >= 15 is 0 Å². The van der Waals surface area contributed by atoms with Gasteiger partial charge in [0.05, 0.1) is 0 Å². The van der Waals surface area contributed by atoms with Crippen molar-refractivity contribution in [2.24, 2.45) is 0 Å². The molecule has 0 nitrogen and oxygen atoms in total. The molecule has 0 aliphatic heterocycles. The van der Waals surface area contributed by atoms with Gasteiger partial charge in [-0.25, -0.2) is 0 Å². The van der Waals surface area contributed by atoms with Crippen LogP contribution in [0, 0.1) is 0 Å². The molecule has 0 aliphatic rings. The van der Waals surface area contributed by atoms with Crippen LogP contribution < -0.4 is 0 Å². The quantitative estimate of drug-likeness (QED) is 0.535. The summed E-state index contributed by atoms with van der Waals surface area (Å²) in [5.74, 6) is 0. The zero-order chi connectivity index (χ0) is 7.65. The van der Waals surface area contributed by atoms with Crippen LogP contribution in [0.15, 0.2) is 10.1 Å². The number of allylic oxidation sites excluding steroid dienone is 2. The molecule has 54 valence electrons. The van der Waals surface area contributed by atoms with Crippen LogP contribution in [-0.2, 0) is 0 Å². The minimum Gasteiger partial charge on any atom is -0.165 e. The van der Waals surface area contributed by atoms with Crippen molar-refractivity contribution < 1.29 is 13.2 Å². The van der Waals surface area contributed by atoms with E-state index in [1.807, 2.05) is 0 Å². The molecule has 0 fully saturated rings. The molecule has 0 saturated carbocycles. The summed E-state index contributed by atoms with van der Waals surface area (Å²) < 4.78 is 34.3. The lowest BCUT2D eigenvalue weighted by atomic mass is 10.5. The minimum absolute atomic E-state index is 0.441. The van der Waals surface area contributed by atoms with Crippen LogP contribution in [0.3, 0.4) is 0 Å². The summed E-state index contributed by atoms with van der Waals surface area (Å²) in [7, 11) is 0. The molecule has 0 N–H and O–H groups in total. The van der Waals surface area contributed by atoms with Gasteiger partial charge in [0.25, 0.3) is 0 Å². The Bertz CT molecular complexity index is 131. The Balaban J connectivity index is 4.40. The lowest BCUT2D eigenvalue weighted by Gasteiger charge is -2.03. The Morgan fingerprint density at radius 1 is 1.22 bits per heavy atom. The average Bonchev–Trinajstić information content (AvgIpc) is 1.62. The van der Waals surface area contributed by atoms with Gasteiger partial charge in [0.2, 0.25) is 0 Å². The molecular weight excluding hydrogens is 176 g/mol. The van der Waals surface area contributed by atoms with Gasteiger partial charge in [0, 0.05) is 5.03 Å². The fourth-order valence-electron chi connectivity index (χ4n) is 0.195.